The first-order valence-corrected chi connectivity index (χ1v) is 9.09. The second kappa shape index (κ2) is 7.87. The Kier molecular flexibility index (Phi) is 5.12. The van der Waals surface area contributed by atoms with E-state index in [1.807, 2.05) is 36.4 Å². The van der Waals surface area contributed by atoms with Crippen LogP contribution in [0.3, 0.4) is 0 Å². The van der Waals surface area contributed by atoms with Crippen molar-refractivity contribution in [1.82, 2.24) is 9.55 Å². The summed E-state index contributed by atoms with van der Waals surface area (Å²) in [5, 5.41) is 2.04. The van der Waals surface area contributed by atoms with Gasteiger partial charge in [0, 0.05) is 0 Å². The number of hydrogen-bond donors (Lipinski definition) is 0. The largest absolute Gasteiger partial charge is 0.482 e. The topological polar surface area (TPSA) is 53.4 Å². The molecule has 1 atom stereocenters. The number of rotatable bonds is 6. The van der Waals surface area contributed by atoms with Gasteiger partial charge in [-0.05, 0) is 42.0 Å². The van der Waals surface area contributed by atoms with Crippen molar-refractivity contribution in [2.45, 2.75) is 19.6 Å². The highest BCUT2D eigenvalue weighted by atomic mass is 19.3. The normalized spacial score (nSPS) is 12.4. The molecule has 0 radical (unpaired) electrons. The standard InChI is InChI=1S/C22H18F2N2O3/c1-14(21-25-18-8-4-5-9-19(18)26(21)22(23)24)29-20(27)13-28-17-11-10-15-6-2-3-7-16(15)12-17/h2-12,14,22H,13H2,1H3. The van der Waals surface area contributed by atoms with Crippen LogP contribution in [0, 0.1) is 0 Å². The number of carbonyl (C=O) groups excluding carboxylic acids is 1. The van der Waals surface area contributed by atoms with Gasteiger partial charge in [0.05, 0.1) is 11.0 Å². The summed E-state index contributed by atoms with van der Waals surface area (Å²) < 4.78 is 38.6. The lowest BCUT2D eigenvalue weighted by Crippen LogP contribution is -2.19. The number of esters is 1. The zero-order chi connectivity index (χ0) is 20.4. The maximum atomic E-state index is 13.5. The smallest absolute Gasteiger partial charge is 0.344 e. The fraction of sp³-hybridized carbons (Fsp3) is 0.182. The molecule has 3 aromatic carbocycles. The second-order valence-electron chi connectivity index (χ2n) is 6.54. The number of fused-ring (bicyclic) bond motifs is 2. The van der Waals surface area contributed by atoms with Gasteiger partial charge in [-0.3, -0.25) is 4.57 Å². The van der Waals surface area contributed by atoms with Crippen LogP contribution in [0.5, 0.6) is 5.75 Å². The van der Waals surface area contributed by atoms with Crippen molar-refractivity contribution in [1.29, 1.82) is 0 Å². The molecule has 29 heavy (non-hydrogen) atoms. The van der Waals surface area contributed by atoms with E-state index < -0.39 is 18.6 Å². The van der Waals surface area contributed by atoms with E-state index in [1.54, 1.807) is 30.3 Å². The summed E-state index contributed by atoms with van der Waals surface area (Å²) in [6.07, 6.45) is -0.955. The number of alkyl halides is 2. The molecule has 0 fully saturated rings. The molecule has 0 spiro atoms. The molecule has 0 N–H and O–H groups in total. The number of imidazole rings is 1. The molecular weight excluding hydrogens is 378 g/mol. The summed E-state index contributed by atoms with van der Waals surface area (Å²) in [5.74, 6) is -0.160. The van der Waals surface area contributed by atoms with Gasteiger partial charge in [0.1, 0.15) is 5.75 Å². The number of halogens is 2. The summed E-state index contributed by atoms with van der Waals surface area (Å²) in [7, 11) is 0. The molecule has 0 saturated heterocycles. The number of carbonyl (C=O) groups is 1. The van der Waals surface area contributed by atoms with Gasteiger partial charge < -0.3 is 9.47 Å². The number of ether oxygens (including phenoxy) is 2. The molecule has 1 unspecified atom stereocenters. The SMILES string of the molecule is CC(OC(=O)COc1ccc2ccccc2c1)c1nc2ccccc2n1C(F)F. The predicted octanol–water partition coefficient (Wildman–Crippen LogP) is 5.27. The molecule has 0 aliphatic carbocycles. The fourth-order valence-corrected chi connectivity index (χ4v) is 3.24. The Hall–Kier alpha value is -3.48. The van der Waals surface area contributed by atoms with Crippen LogP contribution in [0.2, 0.25) is 0 Å². The van der Waals surface area contributed by atoms with Gasteiger partial charge in [-0.2, -0.15) is 8.78 Å². The number of aromatic nitrogens is 2. The number of para-hydroxylation sites is 2. The average Bonchev–Trinajstić information content (AvgIpc) is 3.12. The molecule has 4 rings (SSSR count). The van der Waals surface area contributed by atoms with Crippen molar-refractivity contribution < 1.29 is 23.0 Å². The van der Waals surface area contributed by atoms with Gasteiger partial charge in [-0.25, -0.2) is 9.78 Å². The third-order valence-electron chi connectivity index (χ3n) is 4.57. The van der Waals surface area contributed by atoms with Crippen molar-refractivity contribution in [2.24, 2.45) is 0 Å². The predicted molar refractivity (Wildman–Crippen MR) is 105 cm³/mol. The molecule has 148 valence electrons. The molecule has 0 saturated carbocycles. The highest BCUT2D eigenvalue weighted by molar-refractivity contribution is 5.84. The summed E-state index contributed by atoms with van der Waals surface area (Å²) >= 11 is 0. The number of hydrogen-bond acceptors (Lipinski definition) is 4. The zero-order valence-electron chi connectivity index (χ0n) is 15.6. The first kappa shape index (κ1) is 18.9. The Morgan fingerprint density at radius 2 is 1.76 bits per heavy atom. The maximum absolute atomic E-state index is 13.5. The van der Waals surface area contributed by atoms with Gasteiger partial charge in [0.25, 0.3) is 0 Å². The first-order chi connectivity index (χ1) is 14.0. The lowest BCUT2D eigenvalue weighted by Gasteiger charge is -2.15. The van der Waals surface area contributed by atoms with Crippen LogP contribution in [0.4, 0.5) is 8.78 Å². The Morgan fingerprint density at radius 3 is 2.55 bits per heavy atom. The van der Waals surface area contributed by atoms with Crippen LogP contribution < -0.4 is 4.74 Å². The van der Waals surface area contributed by atoms with Crippen molar-refractivity contribution in [3.05, 3.63) is 72.6 Å². The van der Waals surface area contributed by atoms with Gasteiger partial charge in [-0.1, -0.05) is 42.5 Å². The summed E-state index contributed by atoms with van der Waals surface area (Å²) in [6, 6.07) is 19.8. The van der Waals surface area contributed by atoms with Crippen molar-refractivity contribution >= 4 is 27.8 Å². The molecule has 0 bridgehead atoms. The molecule has 7 heteroatoms. The van der Waals surface area contributed by atoms with Gasteiger partial charge in [-0.15, -0.1) is 0 Å². The van der Waals surface area contributed by atoms with E-state index in [1.165, 1.54) is 6.92 Å². The van der Waals surface area contributed by atoms with Gasteiger partial charge in [0.15, 0.2) is 18.5 Å². The van der Waals surface area contributed by atoms with Crippen LogP contribution in [0.15, 0.2) is 66.7 Å². The molecule has 0 aliphatic heterocycles. The van der Waals surface area contributed by atoms with Crippen molar-refractivity contribution in [3.8, 4) is 5.75 Å². The lowest BCUT2D eigenvalue weighted by atomic mass is 10.1. The summed E-state index contributed by atoms with van der Waals surface area (Å²) in [5.41, 5.74) is 0.700. The van der Waals surface area contributed by atoms with E-state index in [-0.39, 0.29) is 17.9 Å². The minimum atomic E-state index is -2.80. The monoisotopic (exact) mass is 396 g/mol. The fourth-order valence-electron chi connectivity index (χ4n) is 3.24. The number of nitrogens with zero attached hydrogens (tertiary/aromatic N) is 2. The molecule has 5 nitrogen and oxygen atoms in total. The van der Waals surface area contributed by atoms with Crippen molar-refractivity contribution in [3.63, 3.8) is 0 Å². The van der Waals surface area contributed by atoms with E-state index in [0.717, 1.165) is 15.3 Å². The highest BCUT2D eigenvalue weighted by Crippen LogP contribution is 2.28. The Balaban J connectivity index is 1.45. The lowest BCUT2D eigenvalue weighted by molar-refractivity contribution is -0.151. The van der Waals surface area contributed by atoms with Crippen LogP contribution in [-0.2, 0) is 9.53 Å². The van der Waals surface area contributed by atoms with E-state index >= 15 is 0 Å². The van der Waals surface area contributed by atoms with E-state index in [9.17, 15) is 13.6 Å². The van der Waals surface area contributed by atoms with Crippen LogP contribution in [-0.4, -0.2) is 22.1 Å². The molecule has 0 aliphatic rings. The zero-order valence-corrected chi connectivity index (χ0v) is 15.6. The maximum Gasteiger partial charge on any atom is 0.344 e. The molecule has 4 aromatic rings. The van der Waals surface area contributed by atoms with Gasteiger partial charge >= 0.3 is 12.5 Å². The molecule has 0 amide bonds. The first-order valence-electron chi connectivity index (χ1n) is 9.09. The summed E-state index contributed by atoms with van der Waals surface area (Å²) in [6.45, 7) is -1.63. The van der Waals surface area contributed by atoms with Crippen molar-refractivity contribution in [2.75, 3.05) is 6.61 Å². The minimum absolute atomic E-state index is 0.0137. The third kappa shape index (κ3) is 3.89. The minimum Gasteiger partial charge on any atom is -0.482 e. The molecule has 1 aromatic heterocycles. The van der Waals surface area contributed by atoms with E-state index in [4.69, 9.17) is 9.47 Å². The van der Waals surface area contributed by atoms with Crippen LogP contribution >= 0.6 is 0 Å². The molecule has 1 heterocycles. The molecular formula is C22H18F2N2O3. The Morgan fingerprint density at radius 1 is 1.03 bits per heavy atom. The highest BCUT2D eigenvalue weighted by Gasteiger charge is 2.24. The Labute approximate surface area is 165 Å². The quantitative estimate of drug-likeness (QED) is 0.417. The Bertz CT molecular complexity index is 1170. The van der Waals surface area contributed by atoms with Crippen LogP contribution in [0.25, 0.3) is 21.8 Å². The summed E-state index contributed by atoms with van der Waals surface area (Å²) in [4.78, 5) is 16.4. The van der Waals surface area contributed by atoms with E-state index in [2.05, 4.69) is 4.98 Å². The van der Waals surface area contributed by atoms with Gasteiger partial charge in [0.2, 0.25) is 0 Å². The second-order valence-corrected chi connectivity index (χ2v) is 6.54. The van der Waals surface area contributed by atoms with Crippen LogP contribution in [0.1, 0.15) is 25.4 Å². The third-order valence-corrected chi connectivity index (χ3v) is 4.57. The number of benzene rings is 3. The average molecular weight is 396 g/mol. The van der Waals surface area contributed by atoms with E-state index in [0.29, 0.717) is 11.3 Å².